The van der Waals surface area contributed by atoms with E-state index >= 15 is 0 Å². The fourth-order valence-electron chi connectivity index (χ4n) is 0.876. The van der Waals surface area contributed by atoms with Gasteiger partial charge in [-0.3, -0.25) is 0 Å². The SMILES string of the molecule is Brc1cnc([Se]c2ccccc2)s1. The Kier molecular flexibility index (Phi) is 3.17. The number of rotatable bonds is 2. The Bertz CT molecular complexity index is 388. The van der Waals surface area contributed by atoms with Crippen LogP contribution in [0.25, 0.3) is 0 Å². The quantitative estimate of drug-likeness (QED) is 0.766. The van der Waals surface area contributed by atoms with E-state index in [0.717, 1.165) is 3.79 Å². The molecular formula is C9H6BrNSSe. The molecule has 1 nitrogen and oxygen atoms in total. The zero-order valence-corrected chi connectivity index (χ0v) is 10.7. The van der Waals surface area contributed by atoms with Crippen molar-refractivity contribution in [2.24, 2.45) is 0 Å². The van der Waals surface area contributed by atoms with Gasteiger partial charge in [0.05, 0.1) is 0 Å². The minimum atomic E-state index is 0.359. The minimum absolute atomic E-state index is 0.359. The van der Waals surface area contributed by atoms with E-state index in [4.69, 9.17) is 0 Å². The third-order valence-electron chi connectivity index (χ3n) is 1.40. The van der Waals surface area contributed by atoms with E-state index in [9.17, 15) is 0 Å². The predicted molar refractivity (Wildman–Crippen MR) is 61.3 cm³/mol. The van der Waals surface area contributed by atoms with Crippen molar-refractivity contribution in [1.29, 1.82) is 0 Å². The van der Waals surface area contributed by atoms with Crippen molar-refractivity contribution in [2.75, 3.05) is 0 Å². The third kappa shape index (κ3) is 2.64. The average molecular weight is 319 g/mol. The van der Waals surface area contributed by atoms with Gasteiger partial charge in [0.15, 0.2) is 0 Å². The van der Waals surface area contributed by atoms with Gasteiger partial charge < -0.3 is 0 Å². The maximum absolute atomic E-state index is 4.31. The first-order chi connectivity index (χ1) is 6.34. The molecule has 0 fully saturated rings. The van der Waals surface area contributed by atoms with Crippen LogP contribution in [0.5, 0.6) is 0 Å². The normalized spacial score (nSPS) is 10.2. The molecule has 0 aliphatic carbocycles. The summed E-state index contributed by atoms with van der Waals surface area (Å²) in [4.78, 5) is 4.31. The fraction of sp³-hybridized carbons (Fsp3) is 0. The molecule has 0 radical (unpaired) electrons. The van der Waals surface area contributed by atoms with Crippen LogP contribution >= 0.6 is 27.3 Å². The molecule has 0 bridgehead atoms. The van der Waals surface area contributed by atoms with Gasteiger partial charge in [-0.25, -0.2) is 0 Å². The van der Waals surface area contributed by atoms with Crippen molar-refractivity contribution in [1.82, 2.24) is 4.98 Å². The van der Waals surface area contributed by atoms with Gasteiger partial charge in [0.25, 0.3) is 0 Å². The molecule has 0 amide bonds. The van der Waals surface area contributed by atoms with Crippen LogP contribution in [0.1, 0.15) is 0 Å². The van der Waals surface area contributed by atoms with Crippen LogP contribution in [0.15, 0.2) is 40.3 Å². The Balaban J connectivity index is 2.15. The van der Waals surface area contributed by atoms with Gasteiger partial charge in [0.2, 0.25) is 0 Å². The van der Waals surface area contributed by atoms with E-state index in [1.54, 1.807) is 11.3 Å². The van der Waals surface area contributed by atoms with E-state index in [1.807, 2.05) is 12.3 Å². The van der Waals surface area contributed by atoms with Crippen LogP contribution in [0.3, 0.4) is 0 Å². The zero-order chi connectivity index (χ0) is 9.10. The molecule has 0 aliphatic rings. The summed E-state index contributed by atoms with van der Waals surface area (Å²) in [5.74, 6) is 0. The number of aromatic nitrogens is 1. The van der Waals surface area contributed by atoms with Crippen molar-refractivity contribution in [3.63, 3.8) is 0 Å². The molecule has 1 aromatic heterocycles. The van der Waals surface area contributed by atoms with Gasteiger partial charge >= 0.3 is 95.9 Å². The van der Waals surface area contributed by atoms with Crippen LogP contribution in [0.4, 0.5) is 0 Å². The Morgan fingerprint density at radius 3 is 2.62 bits per heavy atom. The molecule has 13 heavy (non-hydrogen) atoms. The predicted octanol–water partition coefficient (Wildman–Crippen LogP) is 1.56. The number of nitrogens with zero attached hydrogens (tertiary/aromatic N) is 1. The molecular weight excluding hydrogens is 313 g/mol. The second-order valence-corrected chi connectivity index (χ2v) is 7.57. The standard InChI is InChI=1S/C9H6BrNSSe/c10-8-6-11-9(12-8)13-7-4-2-1-3-5-7/h1-6H. The molecule has 0 atom stereocenters. The van der Waals surface area contributed by atoms with Gasteiger partial charge in [-0.1, -0.05) is 0 Å². The van der Waals surface area contributed by atoms with Gasteiger partial charge in [0, 0.05) is 0 Å². The van der Waals surface area contributed by atoms with E-state index in [2.05, 4.69) is 45.2 Å². The summed E-state index contributed by atoms with van der Waals surface area (Å²) in [5.41, 5.74) is 0. The van der Waals surface area contributed by atoms with E-state index < -0.39 is 0 Å². The summed E-state index contributed by atoms with van der Waals surface area (Å²) in [7, 11) is 0. The molecule has 4 heteroatoms. The van der Waals surface area contributed by atoms with E-state index in [0.29, 0.717) is 15.0 Å². The summed E-state index contributed by atoms with van der Waals surface area (Å²) in [6, 6.07) is 10.5. The topological polar surface area (TPSA) is 12.9 Å². The van der Waals surface area contributed by atoms with Gasteiger partial charge in [-0.2, -0.15) is 0 Å². The van der Waals surface area contributed by atoms with E-state index in [1.165, 1.54) is 8.37 Å². The third-order valence-corrected chi connectivity index (χ3v) is 5.29. The molecule has 0 spiro atoms. The molecule has 0 N–H and O–H groups in total. The first kappa shape index (κ1) is 9.41. The van der Waals surface area contributed by atoms with Gasteiger partial charge in [-0.05, 0) is 0 Å². The summed E-state index contributed by atoms with van der Waals surface area (Å²) in [5, 5.41) is 0. The van der Waals surface area contributed by atoms with Crippen LogP contribution in [-0.2, 0) is 0 Å². The Hall–Kier alpha value is -0.151. The number of halogens is 1. The molecule has 1 heterocycles. The van der Waals surface area contributed by atoms with Crippen LogP contribution in [0, 0.1) is 0 Å². The molecule has 2 aromatic rings. The number of thiazole rings is 1. The summed E-state index contributed by atoms with van der Waals surface area (Å²) < 4.78 is 3.70. The zero-order valence-electron chi connectivity index (χ0n) is 6.61. The van der Waals surface area contributed by atoms with Gasteiger partial charge in [-0.15, -0.1) is 0 Å². The summed E-state index contributed by atoms with van der Waals surface area (Å²) in [6.07, 6.45) is 1.87. The first-order valence-corrected chi connectivity index (χ1v) is 7.01. The van der Waals surface area contributed by atoms with Crippen LogP contribution in [-0.4, -0.2) is 19.9 Å². The molecule has 2 rings (SSSR count). The molecule has 0 saturated carbocycles. The molecule has 0 unspecified atom stereocenters. The summed E-state index contributed by atoms with van der Waals surface area (Å²) in [6.45, 7) is 0. The second kappa shape index (κ2) is 4.38. The average Bonchev–Trinajstić information content (AvgIpc) is 2.53. The molecule has 0 aliphatic heterocycles. The monoisotopic (exact) mass is 319 g/mol. The van der Waals surface area contributed by atoms with Crippen molar-refractivity contribution >= 4 is 50.6 Å². The molecule has 1 aromatic carbocycles. The van der Waals surface area contributed by atoms with Crippen molar-refractivity contribution in [2.45, 2.75) is 0 Å². The van der Waals surface area contributed by atoms with Crippen LogP contribution in [0.2, 0.25) is 0 Å². The Labute approximate surface area is 95.5 Å². The Morgan fingerprint density at radius 2 is 2.00 bits per heavy atom. The number of hydrogen-bond acceptors (Lipinski definition) is 2. The van der Waals surface area contributed by atoms with Crippen molar-refractivity contribution in [3.8, 4) is 0 Å². The fourth-order valence-corrected chi connectivity index (χ4v) is 5.17. The molecule has 66 valence electrons. The second-order valence-electron chi connectivity index (χ2n) is 2.35. The Morgan fingerprint density at radius 1 is 1.23 bits per heavy atom. The number of benzene rings is 1. The van der Waals surface area contributed by atoms with Gasteiger partial charge in [0.1, 0.15) is 0 Å². The number of hydrogen-bond donors (Lipinski definition) is 0. The molecule has 0 saturated heterocycles. The van der Waals surface area contributed by atoms with Crippen molar-refractivity contribution in [3.05, 3.63) is 40.3 Å². The van der Waals surface area contributed by atoms with Crippen molar-refractivity contribution < 1.29 is 0 Å². The van der Waals surface area contributed by atoms with Crippen LogP contribution < -0.4 is 8.37 Å². The first-order valence-electron chi connectivity index (χ1n) is 3.69. The maximum atomic E-state index is 4.31. The van der Waals surface area contributed by atoms with E-state index in [-0.39, 0.29) is 0 Å². The summed E-state index contributed by atoms with van der Waals surface area (Å²) >= 11 is 5.49.